The van der Waals surface area contributed by atoms with Gasteiger partial charge in [-0.05, 0) is 16.3 Å². The van der Waals surface area contributed by atoms with Crippen LogP contribution in [0.1, 0.15) is 5.56 Å². The predicted octanol–water partition coefficient (Wildman–Crippen LogP) is 2.98. The molecule has 15 heavy (non-hydrogen) atoms. The van der Waals surface area contributed by atoms with E-state index in [0.717, 1.165) is 5.56 Å². The van der Waals surface area contributed by atoms with Crippen LogP contribution in [0, 0.1) is 0 Å². The number of carbonyl (C=O) groups is 1. The van der Waals surface area contributed by atoms with Gasteiger partial charge in [-0.1, -0.05) is 55.1 Å². The second-order valence-electron chi connectivity index (χ2n) is 3.30. The molecule has 2 rings (SSSR count). The van der Waals surface area contributed by atoms with Gasteiger partial charge < -0.3 is 5.32 Å². The van der Waals surface area contributed by atoms with Crippen LogP contribution in [0.15, 0.2) is 42.5 Å². The smallest absolute Gasteiger partial charge is 0.276 e. The van der Waals surface area contributed by atoms with Gasteiger partial charge in [0.15, 0.2) is 0 Å². The van der Waals surface area contributed by atoms with Gasteiger partial charge in [0.2, 0.25) is 0 Å². The second-order valence-corrected chi connectivity index (χ2v) is 3.70. The predicted molar refractivity (Wildman–Crippen MR) is 65.2 cm³/mol. The van der Waals surface area contributed by atoms with Crippen molar-refractivity contribution < 1.29 is 4.79 Å². The van der Waals surface area contributed by atoms with Crippen molar-refractivity contribution in [1.82, 2.24) is 5.32 Å². The molecule has 0 saturated heterocycles. The standard InChI is InChI=1S/C12H11NOS/c14-12(15)13-8-10-6-3-5-9-4-1-2-7-11(9)10/h1-7H,8H2,(H2,13,14,15). The van der Waals surface area contributed by atoms with Crippen molar-refractivity contribution in [1.29, 1.82) is 0 Å². The number of benzene rings is 2. The molecule has 76 valence electrons. The molecule has 0 aliphatic heterocycles. The van der Waals surface area contributed by atoms with Gasteiger partial charge in [0.05, 0.1) is 0 Å². The number of rotatable bonds is 2. The first kappa shape index (κ1) is 10.1. The van der Waals surface area contributed by atoms with Crippen LogP contribution < -0.4 is 5.32 Å². The van der Waals surface area contributed by atoms with Crippen LogP contribution in [0.2, 0.25) is 0 Å². The highest BCUT2D eigenvalue weighted by Crippen LogP contribution is 2.18. The Morgan fingerprint density at radius 2 is 1.87 bits per heavy atom. The van der Waals surface area contributed by atoms with Gasteiger partial charge in [-0.25, -0.2) is 0 Å². The van der Waals surface area contributed by atoms with E-state index in [1.807, 2.05) is 24.3 Å². The first-order chi connectivity index (χ1) is 7.27. The molecule has 0 saturated carbocycles. The average molecular weight is 217 g/mol. The highest BCUT2D eigenvalue weighted by atomic mass is 32.1. The number of amides is 1. The van der Waals surface area contributed by atoms with Gasteiger partial charge in [-0.15, -0.1) is 0 Å². The van der Waals surface area contributed by atoms with Gasteiger partial charge in [-0.2, -0.15) is 0 Å². The Kier molecular flexibility index (Phi) is 2.92. The van der Waals surface area contributed by atoms with Gasteiger partial charge in [0.1, 0.15) is 0 Å². The lowest BCUT2D eigenvalue weighted by molar-refractivity contribution is 0.261. The van der Waals surface area contributed by atoms with E-state index in [0.29, 0.717) is 6.54 Å². The zero-order chi connectivity index (χ0) is 10.7. The number of carbonyl (C=O) groups excluding carboxylic acids is 1. The van der Waals surface area contributed by atoms with Gasteiger partial charge in [0.25, 0.3) is 5.24 Å². The summed E-state index contributed by atoms with van der Waals surface area (Å²) >= 11 is 3.67. The molecule has 0 atom stereocenters. The number of thiol groups is 1. The van der Waals surface area contributed by atoms with E-state index >= 15 is 0 Å². The zero-order valence-corrected chi connectivity index (χ0v) is 9.00. The van der Waals surface area contributed by atoms with Crippen LogP contribution in [0.5, 0.6) is 0 Å². The molecule has 0 bridgehead atoms. The SMILES string of the molecule is O=C(S)NCc1cccc2ccccc12. The molecule has 1 N–H and O–H groups in total. The summed E-state index contributed by atoms with van der Waals surface area (Å²) in [5.41, 5.74) is 1.11. The minimum atomic E-state index is -0.303. The molecular formula is C12H11NOS. The molecule has 0 heterocycles. The average Bonchev–Trinajstić information content (AvgIpc) is 2.26. The lowest BCUT2D eigenvalue weighted by atomic mass is 10.0. The Hall–Kier alpha value is -1.48. The van der Waals surface area contributed by atoms with Crippen LogP contribution in [-0.2, 0) is 6.54 Å². The van der Waals surface area contributed by atoms with Crippen LogP contribution in [0.25, 0.3) is 10.8 Å². The van der Waals surface area contributed by atoms with E-state index in [-0.39, 0.29) is 5.24 Å². The molecule has 0 aliphatic rings. The van der Waals surface area contributed by atoms with E-state index in [1.165, 1.54) is 10.8 Å². The van der Waals surface area contributed by atoms with Gasteiger partial charge >= 0.3 is 0 Å². The van der Waals surface area contributed by atoms with Crippen LogP contribution >= 0.6 is 12.6 Å². The largest absolute Gasteiger partial charge is 0.343 e. The molecule has 0 unspecified atom stereocenters. The fourth-order valence-corrected chi connectivity index (χ4v) is 1.70. The number of nitrogens with one attached hydrogen (secondary N) is 1. The molecule has 0 aromatic heterocycles. The van der Waals surface area contributed by atoms with E-state index < -0.39 is 0 Å². The van der Waals surface area contributed by atoms with Crippen molar-refractivity contribution in [2.45, 2.75) is 6.54 Å². The summed E-state index contributed by atoms with van der Waals surface area (Å²) < 4.78 is 0. The quantitative estimate of drug-likeness (QED) is 0.744. The third-order valence-corrected chi connectivity index (χ3v) is 2.47. The summed E-state index contributed by atoms with van der Waals surface area (Å²) in [7, 11) is 0. The maximum atomic E-state index is 10.7. The first-order valence-corrected chi connectivity index (χ1v) is 5.15. The monoisotopic (exact) mass is 217 g/mol. The number of hydrogen-bond donors (Lipinski definition) is 2. The summed E-state index contributed by atoms with van der Waals surface area (Å²) in [6.07, 6.45) is 0. The minimum absolute atomic E-state index is 0.303. The molecule has 0 radical (unpaired) electrons. The van der Waals surface area contributed by atoms with E-state index in [2.05, 4.69) is 36.1 Å². The van der Waals surface area contributed by atoms with Crippen LogP contribution in [0.3, 0.4) is 0 Å². The van der Waals surface area contributed by atoms with Gasteiger partial charge in [-0.3, -0.25) is 4.79 Å². The molecule has 0 spiro atoms. The highest BCUT2D eigenvalue weighted by Gasteiger charge is 2.00. The summed E-state index contributed by atoms with van der Waals surface area (Å²) in [5, 5.41) is 4.73. The summed E-state index contributed by atoms with van der Waals surface area (Å²) in [4.78, 5) is 10.7. The number of hydrogen-bond acceptors (Lipinski definition) is 1. The van der Waals surface area contributed by atoms with Crippen LogP contribution in [-0.4, -0.2) is 5.24 Å². The highest BCUT2D eigenvalue weighted by molar-refractivity contribution is 7.96. The summed E-state index contributed by atoms with van der Waals surface area (Å²) in [6, 6.07) is 14.2. The summed E-state index contributed by atoms with van der Waals surface area (Å²) in [5.74, 6) is 0. The molecule has 0 fully saturated rings. The van der Waals surface area contributed by atoms with Gasteiger partial charge in [0, 0.05) is 6.54 Å². The fraction of sp³-hybridized carbons (Fsp3) is 0.0833. The van der Waals surface area contributed by atoms with E-state index in [4.69, 9.17) is 0 Å². The molecule has 2 aromatic carbocycles. The van der Waals surface area contributed by atoms with Crippen molar-refractivity contribution in [2.24, 2.45) is 0 Å². The lowest BCUT2D eigenvalue weighted by Gasteiger charge is -2.06. The molecule has 1 amide bonds. The third kappa shape index (κ3) is 2.30. The maximum absolute atomic E-state index is 10.7. The Labute approximate surface area is 93.7 Å². The molecule has 0 aliphatic carbocycles. The Morgan fingerprint density at radius 3 is 2.67 bits per heavy atom. The van der Waals surface area contributed by atoms with Crippen molar-refractivity contribution in [2.75, 3.05) is 0 Å². The van der Waals surface area contributed by atoms with Crippen molar-refractivity contribution in [3.63, 3.8) is 0 Å². The molecular weight excluding hydrogens is 206 g/mol. The Morgan fingerprint density at radius 1 is 1.13 bits per heavy atom. The first-order valence-electron chi connectivity index (χ1n) is 4.71. The van der Waals surface area contributed by atoms with Crippen molar-refractivity contribution >= 4 is 28.6 Å². The molecule has 2 aromatic rings. The maximum Gasteiger partial charge on any atom is 0.276 e. The van der Waals surface area contributed by atoms with E-state index in [9.17, 15) is 4.79 Å². The second kappa shape index (κ2) is 4.36. The molecule has 2 nitrogen and oxygen atoms in total. The molecule has 3 heteroatoms. The number of fused-ring (bicyclic) bond motifs is 1. The minimum Gasteiger partial charge on any atom is -0.343 e. The Bertz CT molecular complexity index is 490. The normalized spacial score (nSPS) is 10.2. The zero-order valence-electron chi connectivity index (χ0n) is 8.10. The summed E-state index contributed by atoms with van der Waals surface area (Å²) in [6.45, 7) is 0.518. The lowest BCUT2D eigenvalue weighted by Crippen LogP contribution is -2.15. The van der Waals surface area contributed by atoms with Crippen LogP contribution in [0.4, 0.5) is 4.79 Å². The fourth-order valence-electron chi connectivity index (χ4n) is 1.62. The topological polar surface area (TPSA) is 29.1 Å². The van der Waals surface area contributed by atoms with E-state index in [1.54, 1.807) is 0 Å². The van der Waals surface area contributed by atoms with Crippen molar-refractivity contribution in [3.05, 3.63) is 48.0 Å². The Balaban J connectivity index is 2.38. The van der Waals surface area contributed by atoms with Crippen molar-refractivity contribution in [3.8, 4) is 0 Å². The third-order valence-electron chi connectivity index (χ3n) is 2.31.